The summed E-state index contributed by atoms with van der Waals surface area (Å²) in [5.74, 6) is 0.379. The standard InChI is InChI=1S/2C8H20N4.H2O4S/c2*1-3-12(4-2)7-5-6-11-8(9)10;1-5(2,3)4/h2*3-7H2,1-2H3,(H4,9,10,11);(H2,1,2,3,4). The van der Waals surface area contributed by atoms with Crippen LogP contribution in [0.25, 0.3) is 0 Å². The van der Waals surface area contributed by atoms with Crippen molar-refractivity contribution in [3.63, 3.8) is 0 Å². The zero-order chi connectivity index (χ0) is 23.3. The largest absolute Gasteiger partial charge is 0.394 e. The van der Waals surface area contributed by atoms with Gasteiger partial charge in [-0.1, -0.05) is 27.7 Å². The number of rotatable bonds is 12. The molecule has 0 saturated carbocycles. The molecule has 0 aromatic heterocycles. The molecule has 0 aliphatic carbocycles. The minimum atomic E-state index is -4.67. The molecule has 0 radical (unpaired) electrons. The van der Waals surface area contributed by atoms with Crippen LogP contribution in [0.2, 0.25) is 0 Å². The number of guanidine groups is 2. The Morgan fingerprint density at radius 3 is 1.14 bits per heavy atom. The average molecular weight is 443 g/mol. The van der Waals surface area contributed by atoms with Crippen LogP contribution in [0.1, 0.15) is 40.5 Å². The Morgan fingerprint density at radius 2 is 0.966 bits per heavy atom. The van der Waals surface area contributed by atoms with E-state index in [1.54, 1.807) is 0 Å². The van der Waals surface area contributed by atoms with Gasteiger partial charge in [-0.3, -0.25) is 19.1 Å². The predicted octanol–water partition coefficient (Wildman–Crippen LogP) is -0.669. The Morgan fingerprint density at radius 1 is 0.724 bits per heavy atom. The van der Waals surface area contributed by atoms with Gasteiger partial charge in [-0.15, -0.1) is 0 Å². The molecule has 13 heteroatoms. The molecule has 0 spiro atoms. The Labute approximate surface area is 176 Å². The van der Waals surface area contributed by atoms with Crippen molar-refractivity contribution in [3.05, 3.63) is 0 Å². The molecule has 10 N–H and O–H groups in total. The monoisotopic (exact) mass is 442 g/mol. The van der Waals surface area contributed by atoms with E-state index in [-0.39, 0.29) is 11.9 Å². The molecule has 29 heavy (non-hydrogen) atoms. The number of hydrogen-bond acceptors (Lipinski definition) is 6. The zero-order valence-electron chi connectivity index (χ0n) is 18.3. The fourth-order valence-electron chi connectivity index (χ4n) is 2.08. The maximum atomic E-state index is 8.74. The lowest BCUT2D eigenvalue weighted by molar-refractivity contribution is 0.302. The van der Waals surface area contributed by atoms with Crippen LogP contribution in [-0.2, 0) is 10.4 Å². The Kier molecular flexibility index (Phi) is 23.2. The van der Waals surface area contributed by atoms with Crippen molar-refractivity contribution in [2.24, 2.45) is 32.9 Å². The average Bonchev–Trinajstić information content (AvgIpc) is 2.61. The second-order valence-electron chi connectivity index (χ2n) is 5.82. The van der Waals surface area contributed by atoms with Crippen molar-refractivity contribution in [2.75, 3.05) is 52.4 Å². The van der Waals surface area contributed by atoms with E-state index in [4.69, 9.17) is 40.5 Å². The highest BCUT2D eigenvalue weighted by Gasteiger charge is 1.97. The summed E-state index contributed by atoms with van der Waals surface area (Å²) in [5.41, 5.74) is 20.8. The molecule has 176 valence electrons. The van der Waals surface area contributed by atoms with E-state index >= 15 is 0 Å². The van der Waals surface area contributed by atoms with Gasteiger partial charge >= 0.3 is 10.4 Å². The maximum absolute atomic E-state index is 8.74. The van der Waals surface area contributed by atoms with Gasteiger partial charge in [0.2, 0.25) is 0 Å². The summed E-state index contributed by atoms with van der Waals surface area (Å²) in [5, 5.41) is 0. The van der Waals surface area contributed by atoms with Crippen molar-refractivity contribution in [3.8, 4) is 0 Å². The number of nitrogens with zero attached hydrogens (tertiary/aromatic N) is 4. The molecule has 0 heterocycles. The Hall–Kier alpha value is -1.67. The first kappa shape index (κ1) is 32.0. The van der Waals surface area contributed by atoms with Gasteiger partial charge in [0.05, 0.1) is 0 Å². The molecule has 0 aromatic carbocycles. The predicted molar refractivity (Wildman–Crippen MR) is 120 cm³/mol. The van der Waals surface area contributed by atoms with Crippen LogP contribution >= 0.6 is 0 Å². The number of aliphatic imine (C=N–C) groups is 2. The van der Waals surface area contributed by atoms with E-state index in [2.05, 4.69) is 47.5 Å². The van der Waals surface area contributed by atoms with Crippen LogP contribution < -0.4 is 22.9 Å². The summed E-state index contributed by atoms with van der Waals surface area (Å²) in [7, 11) is -4.67. The van der Waals surface area contributed by atoms with Crippen molar-refractivity contribution < 1.29 is 17.5 Å². The SMILES string of the molecule is CCN(CC)CCCN=C(N)N.CCN(CC)CCCN=C(N)N.O=S(=O)(O)O. The minimum Gasteiger partial charge on any atom is -0.370 e. The number of nitrogens with two attached hydrogens (primary N) is 4. The van der Waals surface area contributed by atoms with Crippen LogP contribution in [-0.4, -0.2) is 91.6 Å². The Balaban J connectivity index is -0.000000380. The smallest absolute Gasteiger partial charge is 0.370 e. The second kappa shape index (κ2) is 21.0. The van der Waals surface area contributed by atoms with E-state index in [0.29, 0.717) is 0 Å². The lowest BCUT2D eigenvalue weighted by Crippen LogP contribution is -2.26. The first-order valence-corrected chi connectivity index (χ1v) is 11.1. The highest BCUT2D eigenvalue weighted by Crippen LogP contribution is 1.91. The van der Waals surface area contributed by atoms with E-state index in [0.717, 1.165) is 65.2 Å². The van der Waals surface area contributed by atoms with Gasteiger partial charge in [0.15, 0.2) is 11.9 Å². The quantitative estimate of drug-likeness (QED) is 0.0970. The van der Waals surface area contributed by atoms with Crippen molar-refractivity contribution in [1.82, 2.24) is 9.80 Å². The third-order valence-electron chi connectivity index (χ3n) is 3.64. The van der Waals surface area contributed by atoms with Gasteiger partial charge in [0, 0.05) is 13.1 Å². The topological polar surface area (TPSA) is 210 Å². The van der Waals surface area contributed by atoms with E-state index in [1.165, 1.54) is 0 Å². The summed E-state index contributed by atoms with van der Waals surface area (Å²) < 4.78 is 31.6. The lowest BCUT2D eigenvalue weighted by atomic mass is 10.4. The van der Waals surface area contributed by atoms with Crippen LogP contribution in [0.4, 0.5) is 0 Å². The molecule has 0 amide bonds. The van der Waals surface area contributed by atoms with Gasteiger partial charge in [-0.2, -0.15) is 8.42 Å². The third kappa shape index (κ3) is 37.7. The number of hydrogen-bond donors (Lipinski definition) is 6. The van der Waals surface area contributed by atoms with E-state index in [9.17, 15) is 0 Å². The first-order valence-electron chi connectivity index (χ1n) is 9.66. The molecular weight excluding hydrogens is 400 g/mol. The molecule has 0 saturated heterocycles. The molecule has 0 aliphatic heterocycles. The van der Waals surface area contributed by atoms with Crippen LogP contribution in [0, 0.1) is 0 Å². The molecule has 0 rings (SSSR count). The molecule has 0 unspecified atom stereocenters. The summed E-state index contributed by atoms with van der Waals surface area (Å²) in [4.78, 5) is 12.5. The van der Waals surface area contributed by atoms with Gasteiger partial charge in [-0.05, 0) is 52.1 Å². The molecule has 0 atom stereocenters. The zero-order valence-corrected chi connectivity index (χ0v) is 19.1. The van der Waals surface area contributed by atoms with Gasteiger partial charge in [0.1, 0.15) is 0 Å². The van der Waals surface area contributed by atoms with E-state index in [1.807, 2.05) is 0 Å². The van der Waals surface area contributed by atoms with Crippen molar-refractivity contribution >= 4 is 22.3 Å². The summed E-state index contributed by atoms with van der Waals surface area (Å²) in [6.45, 7) is 16.6. The summed E-state index contributed by atoms with van der Waals surface area (Å²) in [6.07, 6.45) is 2.05. The van der Waals surface area contributed by atoms with Crippen LogP contribution in [0.5, 0.6) is 0 Å². The minimum absolute atomic E-state index is 0.189. The van der Waals surface area contributed by atoms with Crippen molar-refractivity contribution in [2.45, 2.75) is 40.5 Å². The van der Waals surface area contributed by atoms with E-state index < -0.39 is 10.4 Å². The third-order valence-corrected chi connectivity index (χ3v) is 3.64. The molecule has 0 aliphatic rings. The fourth-order valence-corrected chi connectivity index (χ4v) is 2.08. The van der Waals surface area contributed by atoms with Crippen LogP contribution in [0.15, 0.2) is 9.98 Å². The molecule has 0 aromatic rings. The van der Waals surface area contributed by atoms with Gasteiger partial charge in [-0.25, -0.2) is 0 Å². The summed E-state index contributed by atoms with van der Waals surface area (Å²) in [6, 6.07) is 0. The molecule has 0 bridgehead atoms. The fraction of sp³-hybridized carbons (Fsp3) is 0.875. The lowest BCUT2D eigenvalue weighted by Gasteiger charge is -2.16. The Bertz CT molecular complexity index is 473. The highest BCUT2D eigenvalue weighted by atomic mass is 32.3. The van der Waals surface area contributed by atoms with Crippen LogP contribution in [0.3, 0.4) is 0 Å². The normalized spacial score (nSPS) is 10.5. The van der Waals surface area contributed by atoms with Gasteiger partial charge < -0.3 is 32.7 Å². The highest BCUT2D eigenvalue weighted by molar-refractivity contribution is 7.79. The van der Waals surface area contributed by atoms with Crippen molar-refractivity contribution in [1.29, 1.82) is 0 Å². The molecule has 0 fully saturated rings. The second-order valence-corrected chi connectivity index (χ2v) is 6.72. The van der Waals surface area contributed by atoms with Gasteiger partial charge in [0.25, 0.3) is 0 Å². The molecule has 12 nitrogen and oxygen atoms in total. The summed E-state index contributed by atoms with van der Waals surface area (Å²) >= 11 is 0. The maximum Gasteiger partial charge on any atom is 0.394 e. The molecular formula is C16H42N8O4S. The first-order chi connectivity index (χ1) is 13.4.